The largest absolute Gasteiger partial charge is 0.479 e. The second kappa shape index (κ2) is 4.95. The highest BCUT2D eigenvalue weighted by Crippen LogP contribution is 2.39. The second-order valence-electron chi connectivity index (χ2n) is 5.79. The van der Waals surface area contributed by atoms with Crippen LogP contribution in [0.3, 0.4) is 0 Å². The van der Waals surface area contributed by atoms with Crippen molar-refractivity contribution in [3.05, 3.63) is 40.7 Å². The van der Waals surface area contributed by atoms with Crippen molar-refractivity contribution in [1.82, 2.24) is 20.2 Å². The van der Waals surface area contributed by atoms with Crippen molar-refractivity contribution in [3.63, 3.8) is 0 Å². The average molecular weight is 286 g/mol. The molecule has 0 bridgehead atoms. The summed E-state index contributed by atoms with van der Waals surface area (Å²) in [6.45, 7) is 4.13. The maximum Gasteiger partial charge on any atom is 0.331 e. The van der Waals surface area contributed by atoms with Crippen molar-refractivity contribution in [2.75, 3.05) is 0 Å². The third kappa shape index (κ3) is 2.20. The first-order valence-corrected chi connectivity index (χ1v) is 7.10. The molecule has 1 aromatic carbocycles. The van der Waals surface area contributed by atoms with Crippen LogP contribution in [0.2, 0.25) is 0 Å². The van der Waals surface area contributed by atoms with Gasteiger partial charge in [-0.2, -0.15) is 0 Å². The van der Waals surface area contributed by atoms with Gasteiger partial charge in [0.2, 0.25) is 0 Å². The van der Waals surface area contributed by atoms with E-state index in [9.17, 15) is 9.90 Å². The first kappa shape index (κ1) is 13.7. The molecule has 0 amide bonds. The molecule has 2 aromatic rings. The molecule has 0 saturated heterocycles. The lowest BCUT2D eigenvalue weighted by molar-refractivity contribution is -0.153. The molecule has 0 spiro atoms. The third-order valence-electron chi connectivity index (χ3n) is 4.45. The van der Waals surface area contributed by atoms with Crippen molar-refractivity contribution in [2.45, 2.75) is 45.1 Å². The van der Waals surface area contributed by atoms with Crippen LogP contribution in [-0.2, 0) is 16.8 Å². The van der Waals surface area contributed by atoms with E-state index >= 15 is 0 Å². The van der Waals surface area contributed by atoms with E-state index in [0.717, 1.165) is 12.0 Å². The molecule has 110 valence electrons. The zero-order valence-electron chi connectivity index (χ0n) is 12.2. The lowest BCUT2D eigenvalue weighted by Crippen LogP contribution is -2.49. The van der Waals surface area contributed by atoms with Crippen LogP contribution < -0.4 is 0 Å². The topological polar surface area (TPSA) is 80.9 Å². The average Bonchev–Trinajstić information content (AvgIpc) is 2.81. The molecule has 6 heteroatoms. The van der Waals surface area contributed by atoms with Crippen LogP contribution in [-0.4, -0.2) is 31.3 Å². The number of aryl methyl sites for hydroxylation is 2. The van der Waals surface area contributed by atoms with E-state index in [1.54, 1.807) is 0 Å². The fraction of sp³-hybridized carbons (Fsp3) is 0.467. The second-order valence-corrected chi connectivity index (χ2v) is 5.79. The Morgan fingerprint density at radius 1 is 1.33 bits per heavy atom. The number of hydrogen-bond donors (Lipinski definition) is 1. The number of benzene rings is 1. The van der Waals surface area contributed by atoms with Crippen molar-refractivity contribution >= 4 is 5.97 Å². The molecule has 1 fully saturated rings. The van der Waals surface area contributed by atoms with Gasteiger partial charge in [-0.05, 0) is 60.2 Å². The Hall–Kier alpha value is -2.24. The number of aliphatic carboxylic acids is 1. The van der Waals surface area contributed by atoms with E-state index in [4.69, 9.17) is 0 Å². The van der Waals surface area contributed by atoms with Crippen LogP contribution in [0, 0.1) is 13.8 Å². The minimum absolute atomic E-state index is 0.545. The highest BCUT2D eigenvalue weighted by molar-refractivity contribution is 5.77. The van der Waals surface area contributed by atoms with Crippen LogP contribution in [0.4, 0.5) is 0 Å². The summed E-state index contributed by atoms with van der Waals surface area (Å²) >= 11 is 0. The molecule has 1 aliphatic carbocycles. The van der Waals surface area contributed by atoms with Gasteiger partial charge in [0.25, 0.3) is 0 Å². The molecule has 1 saturated carbocycles. The van der Waals surface area contributed by atoms with Crippen LogP contribution >= 0.6 is 0 Å². The van der Waals surface area contributed by atoms with Crippen LogP contribution in [0.1, 0.15) is 41.8 Å². The number of nitrogens with zero attached hydrogens (tertiary/aromatic N) is 4. The Labute approximate surface area is 122 Å². The molecule has 1 heterocycles. The van der Waals surface area contributed by atoms with Crippen LogP contribution in [0.15, 0.2) is 18.2 Å². The number of carbonyl (C=O) groups is 1. The molecule has 0 atom stereocenters. The zero-order chi connectivity index (χ0) is 15.0. The van der Waals surface area contributed by atoms with Gasteiger partial charge in [-0.15, -0.1) is 5.10 Å². The van der Waals surface area contributed by atoms with Gasteiger partial charge in [0.1, 0.15) is 0 Å². The standard InChI is InChI=1S/C15H18N4O2/c1-10-4-5-12(8-11(10)2)9-13-16-17-18-19(13)15(14(20)21)6-3-7-15/h4-5,8H,3,6-7,9H2,1-2H3,(H,20,21). The van der Waals surface area contributed by atoms with Crippen LogP contribution in [0.25, 0.3) is 0 Å². The Kier molecular flexibility index (Phi) is 3.23. The maximum absolute atomic E-state index is 11.6. The summed E-state index contributed by atoms with van der Waals surface area (Å²) < 4.78 is 1.51. The predicted molar refractivity (Wildman–Crippen MR) is 76.0 cm³/mol. The molecule has 21 heavy (non-hydrogen) atoms. The normalized spacial score (nSPS) is 16.5. The van der Waals surface area contributed by atoms with Gasteiger partial charge in [-0.1, -0.05) is 18.2 Å². The molecule has 6 nitrogen and oxygen atoms in total. The van der Waals surface area contributed by atoms with E-state index in [1.807, 2.05) is 6.07 Å². The first-order chi connectivity index (χ1) is 10.0. The zero-order valence-corrected chi connectivity index (χ0v) is 12.2. The minimum atomic E-state index is -0.946. The molecular formula is C15H18N4O2. The monoisotopic (exact) mass is 286 g/mol. The number of carboxylic acid groups (broad SMARTS) is 1. The Balaban J connectivity index is 1.92. The fourth-order valence-electron chi connectivity index (χ4n) is 2.77. The number of aromatic nitrogens is 4. The minimum Gasteiger partial charge on any atom is -0.479 e. The molecule has 0 unspecified atom stereocenters. The molecular weight excluding hydrogens is 268 g/mol. The molecule has 1 aliphatic rings. The summed E-state index contributed by atoms with van der Waals surface area (Å²) in [4.78, 5) is 11.6. The molecule has 1 aromatic heterocycles. The van der Waals surface area contributed by atoms with Gasteiger partial charge in [-0.3, -0.25) is 0 Å². The maximum atomic E-state index is 11.6. The first-order valence-electron chi connectivity index (χ1n) is 7.10. The summed E-state index contributed by atoms with van der Waals surface area (Å²) in [5.41, 5.74) is 2.59. The van der Waals surface area contributed by atoms with Crippen molar-refractivity contribution < 1.29 is 9.90 Å². The van der Waals surface area contributed by atoms with E-state index in [0.29, 0.717) is 25.1 Å². The number of rotatable bonds is 4. The number of hydrogen-bond acceptors (Lipinski definition) is 4. The van der Waals surface area contributed by atoms with Gasteiger partial charge >= 0.3 is 5.97 Å². The molecule has 0 radical (unpaired) electrons. The van der Waals surface area contributed by atoms with Crippen LogP contribution in [0.5, 0.6) is 0 Å². The Morgan fingerprint density at radius 3 is 2.67 bits per heavy atom. The highest BCUT2D eigenvalue weighted by Gasteiger charge is 2.48. The predicted octanol–water partition coefficient (Wildman–Crippen LogP) is 1.84. The summed E-state index contributed by atoms with van der Waals surface area (Å²) in [7, 11) is 0. The van der Waals surface area contributed by atoms with E-state index in [-0.39, 0.29) is 0 Å². The fourth-order valence-corrected chi connectivity index (χ4v) is 2.77. The van der Waals surface area contributed by atoms with E-state index in [2.05, 4.69) is 41.5 Å². The summed E-state index contributed by atoms with van der Waals surface area (Å²) in [6, 6.07) is 6.20. The van der Waals surface area contributed by atoms with Gasteiger partial charge in [0.15, 0.2) is 11.4 Å². The van der Waals surface area contributed by atoms with Crippen molar-refractivity contribution in [1.29, 1.82) is 0 Å². The van der Waals surface area contributed by atoms with Crippen molar-refractivity contribution in [3.8, 4) is 0 Å². The summed E-state index contributed by atoms with van der Waals surface area (Å²) in [6.07, 6.45) is 2.62. The highest BCUT2D eigenvalue weighted by atomic mass is 16.4. The Morgan fingerprint density at radius 2 is 2.10 bits per heavy atom. The van der Waals surface area contributed by atoms with E-state index < -0.39 is 11.5 Å². The lowest BCUT2D eigenvalue weighted by atomic mass is 9.76. The molecule has 3 rings (SSSR count). The molecule has 1 N–H and O–H groups in total. The van der Waals surface area contributed by atoms with Gasteiger partial charge < -0.3 is 5.11 Å². The Bertz CT molecular complexity index is 689. The summed E-state index contributed by atoms with van der Waals surface area (Å²) in [5, 5.41) is 21.2. The summed E-state index contributed by atoms with van der Waals surface area (Å²) in [5.74, 6) is -0.234. The lowest BCUT2D eigenvalue weighted by Gasteiger charge is -2.37. The van der Waals surface area contributed by atoms with Gasteiger partial charge in [0.05, 0.1) is 0 Å². The number of tetrazole rings is 1. The quantitative estimate of drug-likeness (QED) is 0.927. The smallest absolute Gasteiger partial charge is 0.331 e. The molecule has 0 aliphatic heterocycles. The van der Waals surface area contributed by atoms with Gasteiger partial charge in [-0.25, -0.2) is 9.48 Å². The number of carboxylic acids is 1. The SMILES string of the molecule is Cc1ccc(Cc2nnnn2C2(C(=O)O)CCC2)cc1C. The van der Waals surface area contributed by atoms with Crippen molar-refractivity contribution in [2.24, 2.45) is 0 Å². The van der Waals surface area contributed by atoms with E-state index in [1.165, 1.54) is 15.8 Å². The van der Waals surface area contributed by atoms with Gasteiger partial charge in [0, 0.05) is 6.42 Å². The third-order valence-corrected chi connectivity index (χ3v) is 4.45.